The van der Waals surface area contributed by atoms with Gasteiger partial charge < -0.3 is 4.90 Å². The lowest BCUT2D eigenvalue weighted by Crippen LogP contribution is -2.46. The maximum absolute atomic E-state index is 12.5. The Bertz CT molecular complexity index is 317. The van der Waals surface area contributed by atoms with E-state index in [9.17, 15) is 9.59 Å². The monoisotopic (exact) mass is 267 g/mol. The van der Waals surface area contributed by atoms with Gasteiger partial charge in [-0.3, -0.25) is 9.59 Å². The molecule has 0 radical (unpaired) electrons. The fraction of sp³-hybridized carbons (Fsp3) is 0.875. The van der Waals surface area contributed by atoms with Gasteiger partial charge in [0.2, 0.25) is 5.91 Å². The molecular formula is C16H29NO2. The van der Waals surface area contributed by atoms with E-state index in [2.05, 4.69) is 13.8 Å². The summed E-state index contributed by atoms with van der Waals surface area (Å²) in [7, 11) is 1.81. The number of Topliss-reactive ketones (excluding diaryl/α,β-unsaturated/α-hetero) is 1. The van der Waals surface area contributed by atoms with E-state index in [0.29, 0.717) is 5.92 Å². The summed E-state index contributed by atoms with van der Waals surface area (Å²) >= 11 is 0. The van der Waals surface area contributed by atoms with Crippen molar-refractivity contribution in [3.63, 3.8) is 0 Å². The number of ketones is 1. The lowest BCUT2D eigenvalue weighted by molar-refractivity contribution is -0.142. The molecule has 3 nitrogen and oxygen atoms in total. The molecule has 3 heteroatoms. The average molecular weight is 267 g/mol. The van der Waals surface area contributed by atoms with E-state index in [0.717, 1.165) is 32.1 Å². The van der Waals surface area contributed by atoms with Crippen LogP contribution < -0.4 is 0 Å². The molecule has 0 heterocycles. The van der Waals surface area contributed by atoms with Gasteiger partial charge in [0.15, 0.2) is 5.78 Å². The molecule has 0 N–H and O–H groups in total. The van der Waals surface area contributed by atoms with Crippen LogP contribution >= 0.6 is 0 Å². The quantitative estimate of drug-likeness (QED) is 0.740. The number of likely N-dealkylation sites (N-methyl/N-ethyl adjacent to an activating group) is 1. The van der Waals surface area contributed by atoms with Gasteiger partial charge in [-0.2, -0.15) is 0 Å². The van der Waals surface area contributed by atoms with Gasteiger partial charge in [0.05, 0.1) is 6.04 Å². The summed E-state index contributed by atoms with van der Waals surface area (Å²) in [5, 5.41) is 0. The third-order valence-electron chi connectivity index (χ3n) is 4.11. The van der Waals surface area contributed by atoms with Gasteiger partial charge in [-0.05, 0) is 25.2 Å². The van der Waals surface area contributed by atoms with Crippen LogP contribution in [-0.4, -0.2) is 29.7 Å². The van der Waals surface area contributed by atoms with E-state index in [1.807, 2.05) is 20.9 Å². The number of hydrogen-bond donors (Lipinski definition) is 0. The molecule has 0 unspecified atom stereocenters. The van der Waals surface area contributed by atoms with Crippen molar-refractivity contribution in [2.24, 2.45) is 17.8 Å². The van der Waals surface area contributed by atoms with Crippen LogP contribution in [-0.2, 0) is 9.59 Å². The minimum Gasteiger partial charge on any atom is -0.335 e. The summed E-state index contributed by atoms with van der Waals surface area (Å²) in [5.74, 6) is 0.938. The van der Waals surface area contributed by atoms with Crippen molar-refractivity contribution in [1.82, 2.24) is 4.90 Å². The van der Waals surface area contributed by atoms with E-state index >= 15 is 0 Å². The predicted octanol–water partition coefficient (Wildman–Crippen LogP) is 3.27. The lowest BCUT2D eigenvalue weighted by atomic mass is 9.92. The highest BCUT2D eigenvalue weighted by molar-refractivity contribution is 5.90. The van der Waals surface area contributed by atoms with Gasteiger partial charge in [-0.15, -0.1) is 0 Å². The third kappa shape index (κ3) is 4.32. The summed E-state index contributed by atoms with van der Waals surface area (Å²) in [5.41, 5.74) is 0. The molecule has 0 saturated heterocycles. The van der Waals surface area contributed by atoms with Crippen LogP contribution in [0.15, 0.2) is 0 Å². The highest BCUT2D eigenvalue weighted by Crippen LogP contribution is 2.28. The smallest absolute Gasteiger partial charge is 0.226 e. The van der Waals surface area contributed by atoms with Crippen molar-refractivity contribution >= 4 is 11.7 Å². The molecule has 110 valence electrons. The number of carbonyl (C=O) groups is 2. The number of amides is 1. The third-order valence-corrected chi connectivity index (χ3v) is 4.11. The van der Waals surface area contributed by atoms with E-state index < -0.39 is 0 Å². The Kier molecular flexibility index (Phi) is 6.02. The van der Waals surface area contributed by atoms with E-state index in [-0.39, 0.29) is 29.6 Å². The molecule has 0 aromatic heterocycles. The Hall–Kier alpha value is -0.860. The molecule has 1 aliphatic rings. The molecule has 0 bridgehead atoms. The second kappa shape index (κ2) is 7.06. The minimum absolute atomic E-state index is 0.0115. The normalized spacial score (nSPS) is 18.1. The molecule has 19 heavy (non-hydrogen) atoms. The van der Waals surface area contributed by atoms with Crippen molar-refractivity contribution in [3.8, 4) is 0 Å². The Labute approximate surface area is 117 Å². The second-order valence-corrected chi connectivity index (χ2v) is 6.63. The zero-order valence-corrected chi connectivity index (χ0v) is 13.1. The number of nitrogens with zero attached hydrogens (tertiary/aromatic N) is 1. The van der Waals surface area contributed by atoms with E-state index in [1.54, 1.807) is 4.90 Å². The summed E-state index contributed by atoms with van der Waals surface area (Å²) in [6, 6.07) is -0.242. The zero-order chi connectivity index (χ0) is 14.6. The summed E-state index contributed by atoms with van der Waals surface area (Å²) < 4.78 is 0. The Morgan fingerprint density at radius 3 is 2.05 bits per heavy atom. The fourth-order valence-electron chi connectivity index (χ4n) is 2.91. The van der Waals surface area contributed by atoms with Crippen molar-refractivity contribution in [2.45, 2.75) is 65.8 Å². The van der Waals surface area contributed by atoms with Crippen molar-refractivity contribution < 1.29 is 9.59 Å². The largest absolute Gasteiger partial charge is 0.335 e. The van der Waals surface area contributed by atoms with Crippen molar-refractivity contribution in [1.29, 1.82) is 0 Å². The Balaban J connectivity index is 2.77. The van der Waals surface area contributed by atoms with Gasteiger partial charge in [-0.1, -0.05) is 40.5 Å². The second-order valence-electron chi connectivity index (χ2n) is 6.63. The first-order valence-electron chi connectivity index (χ1n) is 7.65. The number of rotatable bonds is 6. The fourth-order valence-corrected chi connectivity index (χ4v) is 2.91. The van der Waals surface area contributed by atoms with Gasteiger partial charge in [0.1, 0.15) is 0 Å². The Morgan fingerprint density at radius 2 is 1.63 bits per heavy atom. The van der Waals surface area contributed by atoms with E-state index in [1.165, 1.54) is 0 Å². The molecule has 1 rings (SSSR count). The lowest BCUT2D eigenvalue weighted by Gasteiger charge is -2.31. The van der Waals surface area contributed by atoms with Crippen LogP contribution in [0.3, 0.4) is 0 Å². The molecule has 1 atom stereocenters. The standard InChI is InChI=1S/C16H29NO2/c1-11(2)10-14(15(18)12(3)4)17(5)16(19)13-8-6-7-9-13/h11-14H,6-10H2,1-5H3/t14-/m1/s1. The first-order valence-corrected chi connectivity index (χ1v) is 7.65. The topological polar surface area (TPSA) is 37.4 Å². The highest BCUT2D eigenvalue weighted by atomic mass is 16.2. The maximum Gasteiger partial charge on any atom is 0.226 e. The molecule has 1 saturated carbocycles. The first kappa shape index (κ1) is 16.2. The SMILES string of the molecule is CC(C)C[C@H](C(=O)C(C)C)N(C)C(=O)C1CCCC1. The molecule has 0 aromatic rings. The number of hydrogen-bond acceptors (Lipinski definition) is 2. The molecular weight excluding hydrogens is 238 g/mol. The molecule has 1 fully saturated rings. The van der Waals surface area contributed by atoms with Crippen LogP contribution in [0, 0.1) is 17.8 Å². The predicted molar refractivity (Wildman–Crippen MR) is 77.8 cm³/mol. The summed E-state index contributed by atoms with van der Waals surface area (Å²) in [4.78, 5) is 26.5. The summed E-state index contributed by atoms with van der Waals surface area (Å²) in [6.45, 7) is 8.05. The zero-order valence-electron chi connectivity index (χ0n) is 13.1. The highest BCUT2D eigenvalue weighted by Gasteiger charge is 2.33. The van der Waals surface area contributed by atoms with Crippen LogP contribution in [0.1, 0.15) is 59.8 Å². The minimum atomic E-state index is -0.242. The van der Waals surface area contributed by atoms with E-state index in [4.69, 9.17) is 0 Å². The van der Waals surface area contributed by atoms with Crippen molar-refractivity contribution in [3.05, 3.63) is 0 Å². The van der Waals surface area contributed by atoms with Crippen LogP contribution in [0.4, 0.5) is 0 Å². The Morgan fingerprint density at radius 1 is 1.11 bits per heavy atom. The number of carbonyl (C=O) groups excluding carboxylic acids is 2. The average Bonchev–Trinajstić information content (AvgIpc) is 2.86. The van der Waals surface area contributed by atoms with Crippen molar-refractivity contribution in [2.75, 3.05) is 7.05 Å². The molecule has 1 amide bonds. The van der Waals surface area contributed by atoms with Crippen LogP contribution in [0.25, 0.3) is 0 Å². The first-order chi connectivity index (χ1) is 8.84. The molecule has 0 spiro atoms. The maximum atomic E-state index is 12.5. The molecule has 1 aliphatic carbocycles. The van der Waals surface area contributed by atoms with Gasteiger partial charge in [0.25, 0.3) is 0 Å². The van der Waals surface area contributed by atoms with Crippen LogP contribution in [0.2, 0.25) is 0 Å². The molecule has 0 aromatic carbocycles. The van der Waals surface area contributed by atoms with Gasteiger partial charge >= 0.3 is 0 Å². The van der Waals surface area contributed by atoms with Gasteiger partial charge in [0, 0.05) is 18.9 Å². The molecule has 0 aliphatic heterocycles. The van der Waals surface area contributed by atoms with Crippen LogP contribution in [0.5, 0.6) is 0 Å². The van der Waals surface area contributed by atoms with Gasteiger partial charge in [-0.25, -0.2) is 0 Å². The summed E-state index contributed by atoms with van der Waals surface area (Å²) in [6.07, 6.45) is 5.06.